The normalized spacial score (nSPS) is 10.5. The Labute approximate surface area is 165 Å². The van der Waals surface area contributed by atoms with E-state index in [4.69, 9.17) is 21.0 Å². The number of anilines is 2. The summed E-state index contributed by atoms with van der Waals surface area (Å²) >= 11 is 0. The lowest BCUT2D eigenvalue weighted by atomic mass is 10.1. The Morgan fingerprint density at radius 3 is 2.45 bits per heavy atom. The van der Waals surface area contributed by atoms with Gasteiger partial charge in [-0.25, -0.2) is 15.2 Å². The van der Waals surface area contributed by atoms with Crippen molar-refractivity contribution in [3.05, 3.63) is 59.3 Å². The maximum atomic E-state index is 11.9. The molecule has 1 heterocycles. The van der Waals surface area contributed by atoms with Gasteiger partial charge >= 0.3 is 0 Å². The van der Waals surface area contributed by atoms with E-state index >= 15 is 0 Å². The van der Waals surface area contributed by atoms with Crippen molar-refractivity contribution in [2.45, 2.75) is 13.5 Å². The quantitative estimate of drug-likeness (QED) is 0.334. The Kier molecular flexibility index (Phi) is 5.86. The van der Waals surface area contributed by atoms with E-state index in [9.17, 15) is 4.79 Å². The predicted octanol–water partition coefficient (Wildman–Crippen LogP) is 2.79. The van der Waals surface area contributed by atoms with Crippen LogP contribution in [-0.2, 0) is 6.54 Å². The zero-order valence-corrected chi connectivity index (χ0v) is 15.7. The van der Waals surface area contributed by atoms with Crippen LogP contribution in [0.5, 0.6) is 17.2 Å². The zero-order chi connectivity index (χ0) is 21.0. The number of carbonyl (C=O) groups is 1. The molecule has 10 heteroatoms. The molecular formula is C19H20N4O6. The van der Waals surface area contributed by atoms with Crippen molar-refractivity contribution in [2.24, 2.45) is 5.73 Å². The standard InChI is InChI=1S/C19H20N4O6/c1-11-7-17(23(22-11)10-12-3-5-13(27-2)6-4-12)21-15-8-14(28-25)9-16(29-26)18(15)19(20)24/h3-9,21,25-26H,10H2,1-2H3,(H2,20,24). The van der Waals surface area contributed by atoms with E-state index in [0.29, 0.717) is 12.4 Å². The van der Waals surface area contributed by atoms with Crippen molar-refractivity contribution in [3.8, 4) is 17.2 Å². The first-order chi connectivity index (χ1) is 13.9. The summed E-state index contributed by atoms with van der Waals surface area (Å²) in [6.07, 6.45) is 0. The molecule has 1 aromatic heterocycles. The van der Waals surface area contributed by atoms with Gasteiger partial charge in [0.2, 0.25) is 0 Å². The fourth-order valence-corrected chi connectivity index (χ4v) is 2.88. The highest BCUT2D eigenvalue weighted by atomic mass is 17.1. The number of primary amides is 1. The van der Waals surface area contributed by atoms with Crippen molar-refractivity contribution >= 4 is 17.4 Å². The van der Waals surface area contributed by atoms with E-state index in [1.54, 1.807) is 17.9 Å². The molecule has 0 radical (unpaired) electrons. The largest absolute Gasteiger partial charge is 0.497 e. The fourth-order valence-electron chi connectivity index (χ4n) is 2.88. The van der Waals surface area contributed by atoms with E-state index < -0.39 is 5.91 Å². The summed E-state index contributed by atoms with van der Waals surface area (Å²) in [5.41, 5.74) is 7.16. The molecule has 5 N–H and O–H groups in total. The van der Waals surface area contributed by atoms with Crippen LogP contribution in [0, 0.1) is 6.92 Å². The second kappa shape index (κ2) is 8.50. The third-order valence-corrected chi connectivity index (χ3v) is 4.18. The van der Waals surface area contributed by atoms with Crippen LogP contribution in [0.1, 0.15) is 21.6 Å². The summed E-state index contributed by atoms with van der Waals surface area (Å²) in [7, 11) is 1.60. The van der Waals surface area contributed by atoms with Gasteiger partial charge in [-0.15, -0.1) is 0 Å². The molecule has 2 aromatic carbocycles. The number of hydrogen-bond acceptors (Lipinski definition) is 8. The third-order valence-electron chi connectivity index (χ3n) is 4.18. The molecule has 0 spiro atoms. The maximum absolute atomic E-state index is 11.9. The SMILES string of the molecule is COc1ccc(Cn2nc(C)cc2Nc2cc(OO)cc(OO)c2C(N)=O)cc1. The molecule has 3 rings (SSSR count). The predicted molar refractivity (Wildman–Crippen MR) is 104 cm³/mol. The molecule has 152 valence electrons. The van der Waals surface area contributed by atoms with Crippen molar-refractivity contribution in [1.82, 2.24) is 9.78 Å². The number of amides is 1. The molecule has 0 saturated heterocycles. The first-order valence-corrected chi connectivity index (χ1v) is 8.50. The molecule has 0 bridgehead atoms. The number of aryl methyl sites for hydroxylation is 1. The van der Waals surface area contributed by atoms with Crippen LogP contribution >= 0.6 is 0 Å². The highest BCUT2D eigenvalue weighted by Gasteiger charge is 2.20. The van der Waals surface area contributed by atoms with Gasteiger partial charge < -0.3 is 25.6 Å². The maximum Gasteiger partial charge on any atom is 0.254 e. The molecule has 0 atom stereocenters. The summed E-state index contributed by atoms with van der Waals surface area (Å²) < 4.78 is 6.85. The number of nitrogens with two attached hydrogens (primary N) is 1. The smallest absolute Gasteiger partial charge is 0.254 e. The van der Waals surface area contributed by atoms with E-state index in [0.717, 1.165) is 23.1 Å². The zero-order valence-electron chi connectivity index (χ0n) is 15.7. The molecule has 0 saturated carbocycles. The average Bonchev–Trinajstić information content (AvgIpc) is 3.06. The van der Waals surface area contributed by atoms with E-state index in [1.807, 2.05) is 31.2 Å². The minimum absolute atomic E-state index is 0.0699. The van der Waals surface area contributed by atoms with Gasteiger partial charge in [0.05, 0.1) is 25.0 Å². The van der Waals surface area contributed by atoms with Crippen molar-refractivity contribution < 1.29 is 29.8 Å². The number of aromatic nitrogens is 2. The van der Waals surface area contributed by atoms with E-state index in [-0.39, 0.29) is 22.7 Å². The molecule has 0 aliphatic rings. The second-order valence-corrected chi connectivity index (χ2v) is 6.19. The van der Waals surface area contributed by atoms with Gasteiger partial charge in [0.15, 0.2) is 11.5 Å². The highest BCUT2D eigenvalue weighted by Crippen LogP contribution is 2.34. The summed E-state index contributed by atoms with van der Waals surface area (Å²) in [5, 5.41) is 25.5. The Bertz CT molecular complexity index is 1020. The number of ether oxygens (including phenoxy) is 1. The van der Waals surface area contributed by atoms with Gasteiger partial charge in [-0.05, 0) is 24.6 Å². The Morgan fingerprint density at radius 2 is 1.86 bits per heavy atom. The summed E-state index contributed by atoms with van der Waals surface area (Å²) in [6.45, 7) is 2.26. The monoisotopic (exact) mass is 400 g/mol. The molecule has 29 heavy (non-hydrogen) atoms. The minimum atomic E-state index is -0.848. The van der Waals surface area contributed by atoms with Gasteiger partial charge in [-0.1, -0.05) is 12.1 Å². The van der Waals surface area contributed by atoms with Gasteiger partial charge in [-0.2, -0.15) is 5.10 Å². The van der Waals surface area contributed by atoms with Crippen molar-refractivity contribution in [3.63, 3.8) is 0 Å². The van der Waals surface area contributed by atoms with Crippen LogP contribution in [0.3, 0.4) is 0 Å². The van der Waals surface area contributed by atoms with Crippen molar-refractivity contribution in [2.75, 3.05) is 12.4 Å². The van der Waals surface area contributed by atoms with Crippen LogP contribution in [0.25, 0.3) is 0 Å². The molecule has 1 amide bonds. The molecule has 0 fully saturated rings. The van der Waals surface area contributed by atoms with E-state index in [2.05, 4.69) is 20.2 Å². The van der Waals surface area contributed by atoms with Crippen LogP contribution < -0.4 is 25.6 Å². The van der Waals surface area contributed by atoms with Crippen LogP contribution in [0.4, 0.5) is 11.5 Å². The first-order valence-electron chi connectivity index (χ1n) is 8.50. The van der Waals surface area contributed by atoms with Crippen LogP contribution in [-0.4, -0.2) is 33.3 Å². The van der Waals surface area contributed by atoms with Crippen LogP contribution in [0.15, 0.2) is 42.5 Å². The second-order valence-electron chi connectivity index (χ2n) is 6.19. The van der Waals surface area contributed by atoms with Crippen molar-refractivity contribution in [1.29, 1.82) is 0 Å². The number of nitrogens with one attached hydrogen (secondary N) is 1. The summed E-state index contributed by atoms with van der Waals surface area (Å²) in [6, 6.07) is 11.7. The molecule has 10 nitrogen and oxygen atoms in total. The Balaban J connectivity index is 1.97. The molecular weight excluding hydrogens is 380 g/mol. The van der Waals surface area contributed by atoms with Gasteiger partial charge in [0.1, 0.15) is 17.1 Å². The number of hydrogen-bond donors (Lipinski definition) is 4. The van der Waals surface area contributed by atoms with Gasteiger partial charge in [-0.3, -0.25) is 4.79 Å². The van der Waals surface area contributed by atoms with Crippen LogP contribution in [0.2, 0.25) is 0 Å². The number of carbonyl (C=O) groups excluding carboxylic acids is 1. The number of methoxy groups -OCH3 is 1. The highest BCUT2D eigenvalue weighted by molar-refractivity contribution is 6.02. The minimum Gasteiger partial charge on any atom is -0.497 e. The third kappa shape index (κ3) is 4.39. The summed E-state index contributed by atoms with van der Waals surface area (Å²) in [4.78, 5) is 20.3. The van der Waals surface area contributed by atoms with Gasteiger partial charge in [0.25, 0.3) is 5.91 Å². The Morgan fingerprint density at radius 1 is 1.14 bits per heavy atom. The van der Waals surface area contributed by atoms with Gasteiger partial charge in [0, 0.05) is 18.2 Å². The molecule has 0 aliphatic carbocycles. The van der Waals surface area contributed by atoms with E-state index in [1.165, 1.54) is 6.07 Å². The Hall–Kier alpha value is -3.76. The first kappa shape index (κ1) is 20.0. The number of benzene rings is 2. The average molecular weight is 400 g/mol. The lowest BCUT2D eigenvalue weighted by Gasteiger charge is -2.15. The lowest BCUT2D eigenvalue weighted by molar-refractivity contribution is -0.144. The topological polar surface area (TPSA) is 141 Å². The number of rotatable bonds is 8. The molecule has 3 aromatic rings. The molecule has 0 unspecified atom stereocenters. The fraction of sp³-hybridized carbons (Fsp3) is 0.158. The lowest BCUT2D eigenvalue weighted by Crippen LogP contribution is -2.16. The number of nitrogens with zero attached hydrogens (tertiary/aromatic N) is 2. The summed E-state index contributed by atoms with van der Waals surface area (Å²) in [5.74, 6) is 0.0926. The molecule has 0 aliphatic heterocycles.